The van der Waals surface area contributed by atoms with E-state index in [-0.39, 0.29) is 18.5 Å². The van der Waals surface area contributed by atoms with Gasteiger partial charge in [0.1, 0.15) is 0 Å². The van der Waals surface area contributed by atoms with Gasteiger partial charge in [-0.15, -0.1) is 10.1 Å². The maximum absolute atomic E-state index is 8.36. The molecule has 7 nitrogen and oxygen atoms in total. The molecule has 0 aromatic heterocycles. The molecule has 48 valence electrons. The summed E-state index contributed by atoms with van der Waals surface area (Å²) in [7, 11) is 0. The molecule has 0 atom stereocenters. The Morgan fingerprint density at radius 3 is 1.29 bits per heavy atom. The minimum absolute atomic E-state index is 0. The van der Waals surface area contributed by atoms with Gasteiger partial charge in [0.15, 0.2) is 0 Å². The highest BCUT2D eigenvalue weighted by atomic mass is 16.9. The van der Waals surface area contributed by atoms with Gasteiger partial charge in [0.05, 0.1) is 0 Å². The minimum Gasteiger partial charge on any atom is -0.344 e. The van der Waals surface area contributed by atoms with Crippen molar-refractivity contribution in [2.24, 2.45) is 0 Å². The van der Waals surface area contributed by atoms with Crippen molar-refractivity contribution < 1.29 is 10.3 Å². The summed E-state index contributed by atoms with van der Waals surface area (Å²) < 4.78 is 0. The lowest BCUT2D eigenvalue weighted by atomic mass is 13.1. The van der Waals surface area contributed by atoms with Crippen LogP contribution in [-0.2, 0) is 0 Å². The lowest BCUT2D eigenvalue weighted by molar-refractivity contribution is -0.742. The summed E-state index contributed by atoms with van der Waals surface area (Å²) in [4.78, 5) is 8.36. The van der Waals surface area contributed by atoms with E-state index < -0.39 is 5.09 Å². The smallest absolute Gasteiger partial charge is 0.291 e. The van der Waals surface area contributed by atoms with Crippen molar-refractivity contribution >= 4 is 0 Å². The van der Waals surface area contributed by atoms with E-state index in [9.17, 15) is 0 Å². The van der Waals surface area contributed by atoms with Crippen LogP contribution in [0.3, 0.4) is 0 Å². The van der Waals surface area contributed by atoms with Gasteiger partial charge in [-0.2, -0.15) is 0 Å². The van der Waals surface area contributed by atoms with E-state index in [0.29, 0.717) is 0 Å². The average molecular weight is 114 g/mol. The van der Waals surface area contributed by atoms with Gasteiger partial charge in [0, 0.05) is 0 Å². The third-order valence-electron chi connectivity index (χ3n) is 0. The van der Waals surface area contributed by atoms with Crippen molar-refractivity contribution in [1.82, 2.24) is 18.5 Å². The van der Waals surface area contributed by atoms with Crippen LogP contribution in [-0.4, -0.2) is 10.3 Å². The fraction of sp³-hybridized carbons (Fsp3) is 0. The van der Waals surface area contributed by atoms with E-state index in [4.69, 9.17) is 15.3 Å². The normalized spacial score (nSPS) is 3.43. The van der Waals surface area contributed by atoms with Crippen molar-refractivity contribution in [1.29, 1.82) is 0 Å². The van der Waals surface area contributed by atoms with Gasteiger partial charge >= 0.3 is 0 Å². The molecule has 0 aromatic rings. The van der Waals surface area contributed by atoms with Crippen LogP contribution in [0.1, 0.15) is 0 Å². The van der Waals surface area contributed by atoms with E-state index in [1.165, 1.54) is 0 Å². The van der Waals surface area contributed by atoms with E-state index in [1.54, 1.807) is 0 Å². The molecule has 0 radical (unpaired) electrons. The van der Waals surface area contributed by atoms with Crippen LogP contribution in [0, 0.1) is 10.1 Å². The molecule has 10 N–H and O–H groups in total. The molecule has 0 saturated carbocycles. The van der Waals surface area contributed by atoms with Gasteiger partial charge in [-0.25, -0.2) is 0 Å². The van der Waals surface area contributed by atoms with Crippen molar-refractivity contribution in [2.75, 3.05) is 0 Å². The van der Waals surface area contributed by atoms with Crippen LogP contribution in [0.4, 0.5) is 0 Å². The van der Waals surface area contributed by atoms with Crippen molar-refractivity contribution in [3.05, 3.63) is 10.1 Å². The predicted octanol–water partition coefficient (Wildman–Crippen LogP) is 0.138. The molecule has 0 fully saturated rings. The molecule has 0 spiro atoms. The maximum Gasteiger partial charge on any atom is 0.291 e. The Kier molecular flexibility index (Phi) is 101. The van der Waals surface area contributed by atoms with Crippen molar-refractivity contribution in [3.8, 4) is 0 Å². The molecule has 0 rings (SSSR count). The second-order valence-corrected chi connectivity index (χ2v) is 0.238. The minimum atomic E-state index is -1.50. The number of rotatable bonds is 0. The highest BCUT2D eigenvalue weighted by molar-refractivity contribution is 3.83. The Balaban J connectivity index is -0.0000000150. The van der Waals surface area contributed by atoms with Gasteiger partial charge < -0.3 is 23.7 Å². The van der Waals surface area contributed by atoms with Gasteiger partial charge in [-0.1, -0.05) is 0 Å². The van der Waals surface area contributed by atoms with Crippen LogP contribution >= 0.6 is 0 Å². The van der Waals surface area contributed by atoms with E-state index in [1.807, 2.05) is 0 Å². The summed E-state index contributed by atoms with van der Waals surface area (Å²) in [5.74, 6) is 0. The Hall–Kier alpha value is -0.920. The van der Waals surface area contributed by atoms with E-state index in [2.05, 4.69) is 0 Å². The van der Waals surface area contributed by atoms with E-state index >= 15 is 0 Å². The number of hydrogen-bond acceptors (Lipinski definition) is 5. The van der Waals surface area contributed by atoms with E-state index in [0.717, 1.165) is 0 Å². The first-order valence-corrected chi connectivity index (χ1v) is 0.565. The summed E-state index contributed by atoms with van der Waals surface area (Å²) in [5, 5.41) is 13.6. The first-order valence-electron chi connectivity index (χ1n) is 0.565. The molecular formula is H10N4O3. The summed E-state index contributed by atoms with van der Waals surface area (Å²) in [6, 6.07) is 0. The van der Waals surface area contributed by atoms with Crippen LogP contribution in [0.2, 0.25) is 0 Å². The number of nitrogens with zero attached hydrogens (tertiary/aromatic N) is 1. The number of hydrogen-bond donors (Lipinski definition) is 4. The van der Waals surface area contributed by atoms with Gasteiger partial charge in [-0.3, -0.25) is 0 Å². The van der Waals surface area contributed by atoms with Crippen LogP contribution in [0.5, 0.6) is 0 Å². The van der Waals surface area contributed by atoms with Gasteiger partial charge in [0.25, 0.3) is 5.09 Å². The molecule has 0 aliphatic rings. The predicted molar refractivity (Wildman–Crippen MR) is 23.8 cm³/mol. The zero-order valence-electron chi connectivity index (χ0n) is 3.83. The Morgan fingerprint density at radius 1 is 1.29 bits per heavy atom. The summed E-state index contributed by atoms with van der Waals surface area (Å²) >= 11 is 0. The standard InChI is InChI=1S/HNO3.3H3N/c2-1(3)4;;;/h(H,2,3,4);3*1H3. The van der Waals surface area contributed by atoms with Crippen molar-refractivity contribution in [2.45, 2.75) is 0 Å². The molecule has 7 heteroatoms. The fourth-order valence-electron chi connectivity index (χ4n) is 0. The average Bonchev–Trinajstić information content (AvgIpc) is 0.811. The molecule has 0 unspecified atom stereocenters. The highest BCUT2D eigenvalue weighted by Crippen LogP contribution is 1.38. The highest BCUT2D eigenvalue weighted by Gasteiger charge is 1.65. The van der Waals surface area contributed by atoms with Crippen LogP contribution in [0.25, 0.3) is 0 Å². The molecule has 0 aliphatic carbocycles. The first kappa shape index (κ1) is 36.3. The lowest BCUT2D eigenvalue weighted by Crippen LogP contribution is -1.81. The molecule has 0 amide bonds. The molecule has 0 saturated heterocycles. The fourth-order valence-corrected chi connectivity index (χ4v) is 0. The zero-order valence-corrected chi connectivity index (χ0v) is 3.83. The molecule has 0 heterocycles. The third kappa shape index (κ3) is 56.9. The largest absolute Gasteiger partial charge is 0.344 e. The molecule has 0 bridgehead atoms. The quantitative estimate of drug-likeness (QED) is 0.257. The van der Waals surface area contributed by atoms with Crippen molar-refractivity contribution in [3.63, 3.8) is 0 Å². The third-order valence-corrected chi connectivity index (χ3v) is 0. The topological polar surface area (TPSA) is 168 Å². The summed E-state index contributed by atoms with van der Waals surface area (Å²) in [5.41, 5.74) is 0. The van der Waals surface area contributed by atoms with Gasteiger partial charge in [-0.05, 0) is 0 Å². The van der Waals surface area contributed by atoms with Gasteiger partial charge in [0.2, 0.25) is 0 Å². The zero-order chi connectivity index (χ0) is 3.58. The molecule has 0 aromatic carbocycles. The second-order valence-electron chi connectivity index (χ2n) is 0.238. The molecular weight excluding hydrogens is 104 g/mol. The lowest BCUT2D eigenvalue weighted by Gasteiger charge is -1.56. The molecule has 7 heavy (non-hydrogen) atoms. The first-order chi connectivity index (χ1) is 1.73. The summed E-state index contributed by atoms with van der Waals surface area (Å²) in [6.45, 7) is 0. The Labute approximate surface area is 40.2 Å². The Bertz CT molecular complexity index is 29.9. The van der Waals surface area contributed by atoms with Crippen LogP contribution < -0.4 is 18.5 Å². The van der Waals surface area contributed by atoms with Crippen LogP contribution in [0.15, 0.2) is 0 Å². The Morgan fingerprint density at radius 2 is 1.29 bits per heavy atom. The second kappa shape index (κ2) is 19.5. The molecule has 0 aliphatic heterocycles. The maximum atomic E-state index is 8.36. The summed E-state index contributed by atoms with van der Waals surface area (Å²) in [6.07, 6.45) is 0. The monoisotopic (exact) mass is 114 g/mol. The SMILES string of the molecule is N.N.N.O=[N+]([O-])O.